The van der Waals surface area contributed by atoms with Crippen molar-refractivity contribution >= 4 is 22.6 Å². The van der Waals surface area contributed by atoms with E-state index in [1.165, 1.54) is 12.8 Å². The highest BCUT2D eigenvalue weighted by atomic mass is 16.5. The van der Waals surface area contributed by atoms with Gasteiger partial charge in [-0.25, -0.2) is 9.97 Å². The zero-order valence-electron chi connectivity index (χ0n) is 17.2. The van der Waals surface area contributed by atoms with Crippen LogP contribution in [-0.4, -0.2) is 59.5 Å². The van der Waals surface area contributed by atoms with Gasteiger partial charge in [-0.15, -0.1) is 0 Å². The maximum absolute atomic E-state index is 6.21. The normalized spacial score (nSPS) is 17.8. The zero-order valence-corrected chi connectivity index (χ0v) is 17.2. The van der Waals surface area contributed by atoms with Gasteiger partial charge in [0.1, 0.15) is 19.0 Å². The van der Waals surface area contributed by atoms with Crippen LogP contribution in [-0.2, 0) is 11.3 Å². The first-order valence-corrected chi connectivity index (χ1v) is 10.5. The van der Waals surface area contributed by atoms with Crippen LogP contribution >= 0.6 is 0 Å². The molecule has 3 aromatic rings. The predicted octanol–water partition coefficient (Wildman–Crippen LogP) is 2.81. The molecule has 2 aromatic heterocycles. The molecule has 1 saturated heterocycles. The lowest BCUT2D eigenvalue weighted by molar-refractivity contribution is 0.174. The fourth-order valence-electron chi connectivity index (χ4n) is 4.19. The summed E-state index contributed by atoms with van der Waals surface area (Å²) in [4.78, 5) is 17.7. The summed E-state index contributed by atoms with van der Waals surface area (Å²) in [6, 6.07) is 6.88. The Hall–Kier alpha value is -2.94. The van der Waals surface area contributed by atoms with Crippen LogP contribution in [0.3, 0.4) is 0 Å². The van der Waals surface area contributed by atoms with Crippen LogP contribution in [0.4, 0.5) is 11.7 Å². The van der Waals surface area contributed by atoms with Crippen LogP contribution in [0.1, 0.15) is 31.5 Å². The Kier molecular flexibility index (Phi) is 5.35. The molecule has 5 rings (SSSR count). The first-order valence-electron chi connectivity index (χ1n) is 10.5. The minimum Gasteiger partial charge on any atom is -0.474 e. The number of aromatic nitrogens is 4. The van der Waals surface area contributed by atoms with Crippen molar-refractivity contribution in [3.05, 3.63) is 30.4 Å². The van der Waals surface area contributed by atoms with Gasteiger partial charge >= 0.3 is 6.01 Å². The molecule has 1 saturated carbocycles. The monoisotopic (exact) mass is 410 g/mol. The molecule has 0 N–H and O–H groups in total. The smallest absolute Gasteiger partial charge is 0.324 e. The van der Waals surface area contributed by atoms with Crippen LogP contribution in [0.15, 0.2) is 29.0 Å². The van der Waals surface area contributed by atoms with Gasteiger partial charge in [0.15, 0.2) is 5.82 Å². The first kappa shape index (κ1) is 19.0. The first-order chi connectivity index (χ1) is 14.8. The number of nitrogens with zero attached hydrogens (tertiary/aromatic N) is 6. The third-order valence-corrected chi connectivity index (χ3v) is 5.81. The van der Waals surface area contributed by atoms with Gasteiger partial charge in [0.25, 0.3) is 0 Å². The minimum atomic E-state index is 0.271. The molecule has 1 aromatic carbocycles. The maximum atomic E-state index is 6.21. The van der Waals surface area contributed by atoms with E-state index in [1.54, 1.807) is 13.4 Å². The van der Waals surface area contributed by atoms with Crippen molar-refractivity contribution in [3.63, 3.8) is 0 Å². The summed E-state index contributed by atoms with van der Waals surface area (Å²) in [7, 11) is 1.62. The summed E-state index contributed by atoms with van der Waals surface area (Å²) in [5.41, 5.74) is 2.07. The quantitative estimate of drug-likeness (QED) is 0.608. The molecule has 1 aliphatic heterocycles. The van der Waals surface area contributed by atoms with Crippen molar-refractivity contribution in [1.82, 2.24) is 20.1 Å². The van der Waals surface area contributed by atoms with Gasteiger partial charge in [-0.3, -0.25) is 0 Å². The molecular weight excluding hydrogens is 384 g/mol. The average Bonchev–Trinajstić information content (AvgIpc) is 3.47. The molecule has 2 aliphatic rings. The largest absolute Gasteiger partial charge is 0.474 e. The molecule has 0 bridgehead atoms. The summed E-state index contributed by atoms with van der Waals surface area (Å²) in [5, 5.41) is 4.93. The van der Waals surface area contributed by atoms with E-state index in [2.05, 4.69) is 48.1 Å². The third kappa shape index (κ3) is 3.89. The molecule has 0 unspecified atom stereocenters. The second-order valence-electron chi connectivity index (χ2n) is 7.80. The van der Waals surface area contributed by atoms with Gasteiger partial charge in [0, 0.05) is 39.0 Å². The summed E-state index contributed by atoms with van der Waals surface area (Å²) >= 11 is 0. The van der Waals surface area contributed by atoms with Crippen LogP contribution < -0.4 is 14.5 Å². The van der Waals surface area contributed by atoms with Crippen LogP contribution in [0.2, 0.25) is 0 Å². The van der Waals surface area contributed by atoms with Crippen molar-refractivity contribution in [2.45, 2.75) is 38.4 Å². The predicted molar refractivity (Wildman–Crippen MR) is 112 cm³/mol. The fraction of sp³-hybridized carbons (Fsp3) is 0.524. The Balaban J connectivity index is 1.30. The standard InChI is InChI=1S/C21H26N6O3/c1-28-13-19-24-21(30-25-19)27-10-8-26(9-11-27)15-6-7-18-17(12-15)20(23-14-22-18)29-16-4-2-3-5-16/h6-7,12,14,16H,2-5,8-11,13H2,1H3. The molecule has 158 valence electrons. The number of ether oxygens (including phenoxy) is 2. The summed E-state index contributed by atoms with van der Waals surface area (Å²) < 4.78 is 16.6. The van der Waals surface area contributed by atoms with Gasteiger partial charge < -0.3 is 23.8 Å². The Labute approximate surface area is 175 Å². The molecule has 0 radical (unpaired) electrons. The Bertz CT molecular complexity index is 995. The minimum absolute atomic E-state index is 0.271. The molecule has 0 spiro atoms. The van der Waals surface area contributed by atoms with Gasteiger partial charge in [-0.05, 0) is 43.9 Å². The Morgan fingerprint density at radius 3 is 2.67 bits per heavy atom. The highest BCUT2D eigenvalue weighted by Crippen LogP contribution is 2.30. The summed E-state index contributed by atoms with van der Waals surface area (Å²) in [5.74, 6) is 1.27. The molecule has 3 heterocycles. The number of fused-ring (bicyclic) bond motifs is 1. The van der Waals surface area contributed by atoms with Gasteiger partial charge in [-0.1, -0.05) is 5.16 Å². The van der Waals surface area contributed by atoms with Crippen LogP contribution in [0.5, 0.6) is 5.88 Å². The number of hydrogen-bond acceptors (Lipinski definition) is 9. The number of hydrogen-bond donors (Lipinski definition) is 0. The van der Waals surface area contributed by atoms with Crippen molar-refractivity contribution in [1.29, 1.82) is 0 Å². The van der Waals surface area contributed by atoms with E-state index in [0.717, 1.165) is 55.6 Å². The van der Waals surface area contributed by atoms with E-state index in [4.69, 9.17) is 14.0 Å². The lowest BCUT2D eigenvalue weighted by Crippen LogP contribution is -2.46. The molecule has 9 heteroatoms. The lowest BCUT2D eigenvalue weighted by Gasteiger charge is -2.35. The summed E-state index contributed by atoms with van der Waals surface area (Å²) in [6.45, 7) is 3.70. The van der Waals surface area contributed by atoms with E-state index in [9.17, 15) is 0 Å². The third-order valence-electron chi connectivity index (χ3n) is 5.81. The van der Waals surface area contributed by atoms with E-state index < -0.39 is 0 Å². The Morgan fingerprint density at radius 2 is 1.87 bits per heavy atom. The number of methoxy groups -OCH3 is 1. The van der Waals surface area contributed by atoms with E-state index >= 15 is 0 Å². The second kappa shape index (κ2) is 8.43. The highest BCUT2D eigenvalue weighted by Gasteiger charge is 2.23. The number of rotatable bonds is 6. The molecule has 0 atom stereocenters. The van der Waals surface area contributed by atoms with Crippen LogP contribution in [0, 0.1) is 0 Å². The molecule has 9 nitrogen and oxygen atoms in total. The van der Waals surface area contributed by atoms with Crippen LogP contribution in [0.25, 0.3) is 10.9 Å². The van der Waals surface area contributed by atoms with E-state index in [1.807, 2.05) is 0 Å². The second-order valence-corrected chi connectivity index (χ2v) is 7.80. The molecule has 30 heavy (non-hydrogen) atoms. The number of anilines is 2. The van der Waals surface area contributed by atoms with Gasteiger partial charge in [0.2, 0.25) is 5.88 Å². The topological polar surface area (TPSA) is 89.6 Å². The van der Waals surface area contributed by atoms with Crippen molar-refractivity contribution in [2.24, 2.45) is 0 Å². The molecule has 1 aliphatic carbocycles. The molecule has 0 amide bonds. The molecular formula is C21H26N6O3. The highest BCUT2D eigenvalue weighted by molar-refractivity contribution is 5.86. The van der Waals surface area contributed by atoms with E-state index in [0.29, 0.717) is 24.3 Å². The van der Waals surface area contributed by atoms with Crippen molar-refractivity contribution in [2.75, 3.05) is 43.1 Å². The fourth-order valence-corrected chi connectivity index (χ4v) is 4.19. The van der Waals surface area contributed by atoms with E-state index in [-0.39, 0.29) is 6.10 Å². The van der Waals surface area contributed by atoms with Crippen molar-refractivity contribution in [3.8, 4) is 5.88 Å². The lowest BCUT2D eigenvalue weighted by atomic mass is 10.2. The maximum Gasteiger partial charge on any atom is 0.324 e. The zero-order chi connectivity index (χ0) is 20.3. The van der Waals surface area contributed by atoms with Gasteiger partial charge in [0.05, 0.1) is 10.9 Å². The van der Waals surface area contributed by atoms with Gasteiger partial charge in [-0.2, -0.15) is 4.98 Å². The SMILES string of the molecule is COCc1noc(N2CCN(c3ccc4ncnc(OC5CCCC5)c4c3)CC2)n1. The Morgan fingerprint density at radius 1 is 1.07 bits per heavy atom. The average molecular weight is 410 g/mol. The number of benzene rings is 1. The number of piperazine rings is 1. The molecule has 2 fully saturated rings. The summed E-state index contributed by atoms with van der Waals surface area (Å²) in [6.07, 6.45) is 6.54. The van der Waals surface area contributed by atoms with Crippen molar-refractivity contribution < 1.29 is 14.0 Å².